The summed E-state index contributed by atoms with van der Waals surface area (Å²) < 4.78 is 0. The van der Waals surface area contributed by atoms with E-state index in [2.05, 4.69) is 78.3 Å². The summed E-state index contributed by atoms with van der Waals surface area (Å²) in [5, 5.41) is 9.56. The van der Waals surface area contributed by atoms with Crippen molar-refractivity contribution in [2.75, 3.05) is 10.6 Å². The first-order valence-corrected chi connectivity index (χ1v) is 18.5. The molecule has 3 N–H and O–H groups in total. The van der Waals surface area contributed by atoms with Crippen LogP contribution in [-0.4, -0.2) is 23.8 Å². The van der Waals surface area contributed by atoms with Gasteiger partial charge in [-0.2, -0.15) is 0 Å². The molecule has 4 rings (SSSR count). The summed E-state index contributed by atoms with van der Waals surface area (Å²) in [7, 11) is 0. The fourth-order valence-corrected chi connectivity index (χ4v) is 8.41. The molecule has 3 fully saturated rings. The number of rotatable bonds is 8. The zero-order chi connectivity index (χ0) is 33.9. The minimum absolute atomic E-state index is 0.0135. The molecule has 3 saturated carbocycles. The van der Waals surface area contributed by atoms with E-state index in [9.17, 15) is 14.4 Å². The van der Waals surface area contributed by atoms with E-state index >= 15 is 0 Å². The van der Waals surface area contributed by atoms with Crippen molar-refractivity contribution in [2.45, 2.75) is 152 Å². The van der Waals surface area contributed by atoms with Crippen molar-refractivity contribution < 1.29 is 14.4 Å². The van der Waals surface area contributed by atoms with Crippen molar-refractivity contribution in [3.05, 3.63) is 23.8 Å². The van der Waals surface area contributed by atoms with Crippen molar-refractivity contribution in [2.24, 2.45) is 45.8 Å². The van der Waals surface area contributed by atoms with Gasteiger partial charge in [0, 0.05) is 34.8 Å². The molecule has 0 heterocycles. The molecule has 46 heavy (non-hydrogen) atoms. The molecule has 258 valence electrons. The number of nitrogens with one attached hydrogen (secondary N) is 3. The number of amides is 3. The van der Waals surface area contributed by atoms with Gasteiger partial charge in [-0.25, -0.2) is 0 Å². The van der Waals surface area contributed by atoms with Crippen LogP contribution in [0.15, 0.2) is 18.2 Å². The molecule has 0 aliphatic heterocycles. The van der Waals surface area contributed by atoms with Gasteiger partial charge in [0.05, 0.1) is 0 Å². The van der Waals surface area contributed by atoms with Gasteiger partial charge < -0.3 is 16.0 Å². The maximum Gasteiger partial charge on any atom is 0.251 e. The topological polar surface area (TPSA) is 87.3 Å². The lowest BCUT2D eigenvalue weighted by Crippen LogP contribution is -2.40. The molecule has 0 radical (unpaired) electrons. The Hall–Kier alpha value is -2.37. The zero-order valence-electron chi connectivity index (χ0n) is 30.6. The molecule has 1 aromatic rings. The van der Waals surface area contributed by atoms with E-state index in [1.54, 1.807) is 12.1 Å². The lowest BCUT2D eigenvalue weighted by atomic mass is 9.69. The minimum atomic E-state index is -0.138. The van der Waals surface area contributed by atoms with E-state index in [-0.39, 0.29) is 46.4 Å². The average Bonchev–Trinajstić information content (AvgIpc) is 3.00. The van der Waals surface area contributed by atoms with Gasteiger partial charge in [0.25, 0.3) is 5.91 Å². The first-order valence-electron chi connectivity index (χ1n) is 18.5. The number of hydrogen-bond acceptors (Lipinski definition) is 3. The summed E-state index contributed by atoms with van der Waals surface area (Å²) in [5.74, 6) is 1.77. The monoisotopic (exact) mass is 636 g/mol. The molecule has 0 saturated heterocycles. The van der Waals surface area contributed by atoms with Crippen LogP contribution < -0.4 is 16.0 Å². The van der Waals surface area contributed by atoms with E-state index < -0.39 is 0 Å². The molecular weight excluding hydrogens is 570 g/mol. The molecular formula is C40H65N3O3. The number of anilines is 2. The predicted molar refractivity (Wildman–Crippen MR) is 191 cm³/mol. The van der Waals surface area contributed by atoms with Crippen LogP contribution in [0.5, 0.6) is 0 Å². The number of benzene rings is 1. The number of carbonyl (C=O) groups excluding carboxylic acids is 3. The second kappa shape index (κ2) is 14.8. The van der Waals surface area contributed by atoms with Gasteiger partial charge in [-0.3, -0.25) is 14.4 Å². The Labute approximate surface area is 280 Å². The molecule has 1 aromatic carbocycles. The summed E-state index contributed by atoms with van der Waals surface area (Å²) in [6, 6.07) is 5.53. The first-order chi connectivity index (χ1) is 21.5. The number of hydrogen-bond donors (Lipinski definition) is 3. The Morgan fingerprint density at radius 1 is 0.587 bits per heavy atom. The van der Waals surface area contributed by atoms with Crippen molar-refractivity contribution in [3.63, 3.8) is 0 Å². The van der Waals surface area contributed by atoms with E-state index in [0.29, 0.717) is 40.1 Å². The summed E-state index contributed by atoms with van der Waals surface area (Å²) in [5.41, 5.74) is 2.48. The van der Waals surface area contributed by atoms with Crippen LogP contribution in [0.2, 0.25) is 0 Å². The van der Waals surface area contributed by atoms with Gasteiger partial charge in [0.2, 0.25) is 11.8 Å². The highest BCUT2D eigenvalue weighted by Crippen LogP contribution is 2.42. The van der Waals surface area contributed by atoms with Gasteiger partial charge in [-0.1, -0.05) is 68.7 Å². The van der Waals surface area contributed by atoms with E-state index in [1.165, 1.54) is 0 Å². The van der Waals surface area contributed by atoms with Gasteiger partial charge in [-0.05, 0) is 129 Å². The molecule has 0 atom stereocenters. The van der Waals surface area contributed by atoms with Crippen LogP contribution in [0, 0.1) is 45.8 Å². The summed E-state index contributed by atoms with van der Waals surface area (Å²) >= 11 is 0. The Morgan fingerprint density at radius 2 is 0.978 bits per heavy atom. The molecule has 6 heteroatoms. The summed E-state index contributed by atoms with van der Waals surface area (Å²) in [6.07, 6.45) is 13.1. The summed E-state index contributed by atoms with van der Waals surface area (Å²) in [4.78, 5) is 40.6. The smallest absolute Gasteiger partial charge is 0.251 e. The maximum absolute atomic E-state index is 13.7. The second-order valence-corrected chi connectivity index (χ2v) is 18.0. The lowest BCUT2D eigenvalue weighted by Gasteiger charge is -2.39. The Kier molecular flexibility index (Phi) is 11.7. The molecule has 6 nitrogen and oxygen atoms in total. The van der Waals surface area contributed by atoms with Crippen LogP contribution in [0.1, 0.15) is 156 Å². The van der Waals surface area contributed by atoms with Crippen LogP contribution >= 0.6 is 0 Å². The summed E-state index contributed by atoms with van der Waals surface area (Å²) in [6.45, 7) is 20.7. The highest BCUT2D eigenvalue weighted by molar-refractivity contribution is 6.01. The third kappa shape index (κ3) is 9.60. The molecule has 0 aromatic heterocycles. The Balaban J connectivity index is 1.45. The van der Waals surface area contributed by atoms with Gasteiger partial charge in [0.1, 0.15) is 0 Å². The SMILES string of the molecule is CCC(C)(C)C1CCC(NC(=O)c2cc(NC(=O)C3CCC(C(C)(C)C)CC3)cc(NC(=O)C3CCC(C(C)(C)C)CC3)c2)CC1. The molecule has 0 unspecified atom stereocenters. The van der Waals surface area contributed by atoms with Crippen molar-refractivity contribution >= 4 is 29.1 Å². The normalized spacial score (nSPS) is 27.8. The second-order valence-electron chi connectivity index (χ2n) is 18.0. The van der Waals surface area contributed by atoms with Crippen molar-refractivity contribution in [1.29, 1.82) is 0 Å². The molecule has 3 aliphatic rings. The average molecular weight is 636 g/mol. The third-order valence-electron chi connectivity index (χ3n) is 12.5. The highest BCUT2D eigenvalue weighted by atomic mass is 16.2. The molecule has 0 bridgehead atoms. The fraction of sp³-hybridized carbons (Fsp3) is 0.775. The van der Waals surface area contributed by atoms with Crippen molar-refractivity contribution in [3.8, 4) is 0 Å². The van der Waals surface area contributed by atoms with Gasteiger partial charge in [0.15, 0.2) is 0 Å². The quantitative estimate of drug-likeness (QED) is 0.266. The largest absolute Gasteiger partial charge is 0.349 e. The van der Waals surface area contributed by atoms with E-state index in [4.69, 9.17) is 0 Å². The Morgan fingerprint density at radius 3 is 1.35 bits per heavy atom. The number of carbonyl (C=O) groups is 3. The van der Waals surface area contributed by atoms with Crippen LogP contribution in [0.4, 0.5) is 11.4 Å². The van der Waals surface area contributed by atoms with Gasteiger partial charge >= 0.3 is 0 Å². The van der Waals surface area contributed by atoms with Crippen LogP contribution in [0.3, 0.4) is 0 Å². The van der Waals surface area contributed by atoms with Crippen LogP contribution in [0.25, 0.3) is 0 Å². The molecule has 3 aliphatic carbocycles. The van der Waals surface area contributed by atoms with Gasteiger partial charge in [-0.15, -0.1) is 0 Å². The van der Waals surface area contributed by atoms with Crippen LogP contribution in [-0.2, 0) is 9.59 Å². The van der Waals surface area contributed by atoms with E-state index in [1.807, 2.05) is 6.07 Å². The maximum atomic E-state index is 13.7. The first kappa shape index (κ1) is 36.5. The van der Waals surface area contributed by atoms with E-state index in [0.717, 1.165) is 83.5 Å². The third-order valence-corrected chi connectivity index (χ3v) is 12.5. The van der Waals surface area contributed by atoms with Crippen molar-refractivity contribution in [1.82, 2.24) is 5.32 Å². The Bertz CT molecular complexity index is 1130. The minimum Gasteiger partial charge on any atom is -0.349 e. The molecule has 3 amide bonds. The molecule has 0 spiro atoms. The lowest BCUT2D eigenvalue weighted by molar-refractivity contribution is -0.122. The highest BCUT2D eigenvalue weighted by Gasteiger charge is 2.35. The predicted octanol–water partition coefficient (Wildman–Crippen LogP) is 9.99. The standard InChI is InChI=1S/C40H65N3O3/c1-10-40(8,9)31-19-21-32(22-20-31)41-37(46)28-23-33(42-35(44)26-11-15-29(16-12-26)38(2,3)4)25-34(24-28)43-36(45)27-13-17-30(18-14-27)39(5,6)7/h23-27,29-32H,10-22H2,1-9H3,(H,41,46)(H,42,44)(H,43,45). The zero-order valence-corrected chi connectivity index (χ0v) is 30.6. The fourth-order valence-electron chi connectivity index (χ4n) is 8.41.